The van der Waals surface area contributed by atoms with Gasteiger partial charge in [-0.2, -0.15) is 0 Å². The highest BCUT2D eigenvalue weighted by Gasteiger charge is 2.12. The molecule has 1 aliphatic heterocycles. The maximum atomic E-state index is 12.1. The lowest BCUT2D eigenvalue weighted by Crippen LogP contribution is -2.30. The summed E-state index contributed by atoms with van der Waals surface area (Å²) in [5.74, 6) is 0.916. The number of rotatable bonds is 4. The fourth-order valence-electron chi connectivity index (χ4n) is 2.72. The van der Waals surface area contributed by atoms with E-state index in [1.165, 1.54) is 19.3 Å². The lowest BCUT2D eigenvalue weighted by atomic mass is 10.1. The summed E-state index contributed by atoms with van der Waals surface area (Å²) < 4.78 is 0. The Balaban J connectivity index is 1.55. The van der Waals surface area contributed by atoms with Crippen LogP contribution in [0.2, 0.25) is 5.02 Å². The van der Waals surface area contributed by atoms with E-state index in [0.29, 0.717) is 17.1 Å². The second-order valence-electron chi connectivity index (χ2n) is 5.76. The lowest BCUT2D eigenvalue weighted by Gasteiger charge is -2.27. The summed E-state index contributed by atoms with van der Waals surface area (Å²) in [6, 6.07) is 10.9. The van der Waals surface area contributed by atoms with Crippen LogP contribution in [0.15, 0.2) is 42.6 Å². The van der Waals surface area contributed by atoms with Gasteiger partial charge < -0.3 is 10.2 Å². The number of pyridine rings is 1. The highest BCUT2D eigenvalue weighted by molar-refractivity contribution is 6.30. The van der Waals surface area contributed by atoms with Gasteiger partial charge >= 0.3 is 0 Å². The van der Waals surface area contributed by atoms with E-state index in [1.54, 1.807) is 24.3 Å². The van der Waals surface area contributed by atoms with Gasteiger partial charge in [0.1, 0.15) is 5.82 Å². The maximum Gasteiger partial charge on any atom is 0.251 e. The summed E-state index contributed by atoms with van der Waals surface area (Å²) in [4.78, 5) is 18.9. The Hall–Kier alpha value is -2.07. The summed E-state index contributed by atoms with van der Waals surface area (Å²) in [5, 5.41) is 3.52. The van der Waals surface area contributed by atoms with E-state index in [4.69, 9.17) is 11.6 Å². The maximum absolute atomic E-state index is 12.1. The summed E-state index contributed by atoms with van der Waals surface area (Å²) in [5.41, 5.74) is 1.60. The van der Waals surface area contributed by atoms with E-state index in [2.05, 4.69) is 15.2 Å². The van der Waals surface area contributed by atoms with Crippen molar-refractivity contribution in [3.8, 4) is 0 Å². The van der Waals surface area contributed by atoms with Gasteiger partial charge in [-0.15, -0.1) is 0 Å². The fraction of sp³-hybridized carbons (Fsp3) is 0.333. The Morgan fingerprint density at radius 2 is 1.83 bits per heavy atom. The molecule has 4 nitrogen and oxygen atoms in total. The highest BCUT2D eigenvalue weighted by atomic mass is 35.5. The van der Waals surface area contributed by atoms with Crippen molar-refractivity contribution in [2.24, 2.45) is 0 Å². The van der Waals surface area contributed by atoms with Crippen molar-refractivity contribution in [1.29, 1.82) is 0 Å². The van der Waals surface area contributed by atoms with Crippen LogP contribution < -0.4 is 10.2 Å². The number of hydrogen-bond acceptors (Lipinski definition) is 3. The Bertz CT molecular complexity index is 649. The monoisotopic (exact) mass is 329 g/mol. The topological polar surface area (TPSA) is 45.2 Å². The second-order valence-corrected chi connectivity index (χ2v) is 6.20. The number of amides is 1. The van der Waals surface area contributed by atoms with Crippen LogP contribution in [-0.2, 0) is 6.54 Å². The predicted octanol–water partition coefficient (Wildman–Crippen LogP) is 3.66. The third kappa shape index (κ3) is 4.23. The van der Waals surface area contributed by atoms with Gasteiger partial charge in [-0.25, -0.2) is 4.98 Å². The summed E-state index contributed by atoms with van der Waals surface area (Å²) in [7, 11) is 0. The van der Waals surface area contributed by atoms with Crippen LogP contribution in [0.4, 0.5) is 5.82 Å². The zero-order valence-electron chi connectivity index (χ0n) is 13.0. The molecular formula is C18H20ClN3O. The number of carbonyl (C=O) groups is 1. The molecule has 3 rings (SSSR count). The SMILES string of the molecule is O=C(NCc1ccc(N2CCCCC2)nc1)c1ccc(Cl)cc1. The second kappa shape index (κ2) is 7.47. The molecule has 0 radical (unpaired) electrons. The summed E-state index contributed by atoms with van der Waals surface area (Å²) in [6.07, 6.45) is 5.62. The molecule has 2 aromatic rings. The van der Waals surface area contributed by atoms with Crippen molar-refractivity contribution in [3.63, 3.8) is 0 Å². The number of hydrogen-bond donors (Lipinski definition) is 1. The molecule has 1 fully saturated rings. The fourth-order valence-corrected chi connectivity index (χ4v) is 2.84. The molecule has 0 spiro atoms. The van der Waals surface area contributed by atoms with E-state index in [9.17, 15) is 4.79 Å². The number of aromatic nitrogens is 1. The minimum Gasteiger partial charge on any atom is -0.357 e. The van der Waals surface area contributed by atoms with Crippen molar-refractivity contribution in [1.82, 2.24) is 10.3 Å². The minimum absolute atomic E-state index is 0.109. The number of piperidine rings is 1. The van der Waals surface area contributed by atoms with Gasteiger partial charge in [-0.05, 0) is 55.2 Å². The van der Waals surface area contributed by atoms with E-state index in [1.807, 2.05) is 18.3 Å². The van der Waals surface area contributed by atoms with Crippen LogP contribution in [0, 0.1) is 0 Å². The Kier molecular flexibility index (Phi) is 5.13. The largest absolute Gasteiger partial charge is 0.357 e. The van der Waals surface area contributed by atoms with E-state index in [0.717, 1.165) is 24.5 Å². The van der Waals surface area contributed by atoms with E-state index < -0.39 is 0 Å². The Labute approximate surface area is 141 Å². The van der Waals surface area contributed by atoms with Gasteiger partial charge in [-0.3, -0.25) is 4.79 Å². The molecule has 1 saturated heterocycles. The van der Waals surface area contributed by atoms with Gasteiger partial charge in [-0.1, -0.05) is 17.7 Å². The average Bonchev–Trinajstić information content (AvgIpc) is 2.61. The minimum atomic E-state index is -0.109. The molecule has 0 unspecified atom stereocenters. The van der Waals surface area contributed by atoms with Crippen molar-refractivity contribution in [3.05, 3.63) is 58.7 Å². The molecule has 0 bridgehead atoms. The van der Waals surface area contributed by atoms with Gasteiger partial charge in [0.25, 0.3) is 5.91 Å². The first kappa shape index (κ1) is 15.8. The van der Waals surface area contributed by atoms with Crippen molar-refractivity contribution >= 4 is 23.3 Å². The van der Waals surface area contributed by atoms with Crippen LogP contribution in [0.5, 0.6) is 0 Å². The molecule has 1 aliphatic rings. The number of carbonyl (C=O) groups excluding carboxylic acids is 1. The molecule has 5 heteroatoms. The van der Waals surface area contributed by atoms with Crippen LogP contribution in [-0.4, -0.2) is 24.0 Å². The summed E-state index contributed by atoms with van der Waals surface area (Å²) in [6.45, 7) is 2.63. The predicted molar refractivity (Wildman–Crippen MR) is 92.9 cm³/mol. The zero-order chi connectivity index (χ0) is 16.1. The van der Waals surface area contributed by atoms with Crippen LogP contribution >= 0.6 is 11.6 Å². The molecule has 23 heavy (non-hydrogen) atoms. The van der Waals surface area contributed by atoms with Crippen molar-refractivity contribution < 1.29 is 4.79 Å². The Morgan fingerprint density at radius 1 is 1.09 bits per heavy atom. The number of anilines is 1. The van der Waals surface area contributed by atoms with Crippen LogP contribution in [0.25, 0.3) is 0 Å². The summed E-state index contributed by atoms with van der Waals surface area (Å²) >= 11 is 5.82. The molecule has 2 heterocycles. The van der Waals surface area contributed by atoms with E-state index in [-0.39, 0.29) is 5.91 Å². The van der Waals surface area contributed by atoms with Crippen LogP contribution in [0.1, 0.15) is 35.2 Å². The first-order chi connectivity index (χ1) is 11.2. The molecular weight excluding hydrogens is 310 g/mol. The molecule has 120 valence electrons. The first-order valence-electron chi connectivity index (χ1n) is 7.96. The number of halogens is 1. The zero-order valence-corrected chi connectivity index (χ0v) is 13.7. The Morgan fingerprint density at radius 3 is 2.48 bits per heavy atom. The standard InChI is InChI=1S/C18H20ClN3O/c19-16-7-5-15(6-8-16)18(23)21-13-14-4-9-17(20-12-14)22-10-2-1-3-11-22/h4-9,12H,1-3,10-11,13H2,(H,21,23). The molecule has 1 aromatic heterocycles. The van der Waals surface area contributed by atoms with Gasteiger partial charge in [0.15, 0.2) is 0 Å². The molecule has 0 aliphatic carbocycles. The lowest BCUT2D eigenvalue weighted by molar-refractivity contribution is 0.0951. The number of benzene rings is 1. The van der Waals surface area contributed by atoms with Crippen molar-refractivity contribution in [2.75, 3.05) is 18.0 Å². The molecule has 1 amide bonds. The molecule has 1 N–H and O–H groups in total. The number of nitrogens with zero attached hydrogens (tertiary/aromatic N) is 2. The molecule has 0 atom stereocenters. The third-order valence-corrected chi connectivity index (χ3v) is 4.30. The molecule has 1 aromatic carbocycles. The smallest absolute Gasteiger partial charge is 0.251 e. The normalized spacial score (nSPS) is 14.6. The van der Waals surface area contributed by atoms with Gasteiger partial charge in [0.2, 0.25) is 0 Å². The average molecular weight is 330 g/mol. The van der Waals surface area contributed by atoms with E-state index >= 15 is 0 Å². The third-order valence-electron chi connectivity index (χ3n) is 4.05. The van der Waals surface area contributed by atoms with Gasteiger partial charge in [0.05, 0.1) is 0 Å². The highest BCUT2D eigenvalue weighted by Crippen LogP contribution is 2.17. The quantitative estimate of drug-likeness (QED) is 0.931. The first-order valence-corrected chi connectivity index (χ1v) is 8.34. The number of nitrogens with one attached hydrogen (secondary N) is 1. The molecule has 0 saturated carbocycles. The van der Waals surface area contributed by atoms with Crippen LogP contribution in [0.3, 0.4) is 0 Å². The van der Waals surface area contributed by atoms with Gasteiger partial charge in [0, 0.05) is 36.4 Å². The van der Waals surface area contributed by atoms with Crippen molar-refractivity contribution in [2.45, 2.75) is 25.8 Å².